The largest absolute Gasteiger partial charge is 0.398 e. The van der Waals surface area contributed by atoms with E-state index < -0.39 is 0 Å². The van der Waals surface area contributed by atoms with Crippen molar-refractivity contribution in [2.45, 2.75) is 13.8 Å². The van der Waals surface area contributed by atoms with Crippen molar-refractivity contribution in [3.8, 4) is 0 Å². The predicted molar refractivity (Wildman–Crippen MR) is 70.6 cm³/mol. The number of nitrogens with one attached hydrogen (secondary N) is 1. The lowest BCUT2D eigenvalue weighted by Crippen LogP contribution is -1.89. The van der Waals surface area contributed by atoms with Crippen LogP contribution in [-0.4, -0.2) is 9.97 Å². The van der Waals surface area contributed by atoms with Gasteiger partial charge in [-0.3, -0.25) is 0 Å². The number of rotatable bonds is 0. The van der Waals surface area contributed by atoms with Gasteiger partial charge < -0.3 is 10.7 Å². The fourth-order valence-electron chi connectivity index (χ4n) is 1.35. The number of nitrogen functional groups attached to an aromatic ring is 1. The van der Waals surface area contributed by atoms with Gasteiger partial charge in [-0.05, 0) is 31.5 Å². The van der Waals surface area contributed by atoms with E-state index in [9.17, 15) is 0 Å². The van der Waals surface area contributed by atoms with Gasteiger partial charge in [0.05, 0.1) is 11.0 Å². The summed E-state index contributed by atoms with van der Waals surface area (Å²) in [5.41, 5.74) is 9.63. The first-order chi connectivity index (χ1) is 5.68. The number of nitrogens with zero attached hydrogens (tertiary/aromatic N) is 1. The Kier molecular flexibility index (Phi) is 4.61. The van der Waals surface area contributed by atoms with Crippen molar-refractivity contribution in [2.24, 2.45) is 0 Å². The minimum Gasteiger partial charge on any atom is -0.398 e. The molecule has 0 aliphatic carbocycles. The molecule has 0 amide bonds. The summed E-state index contributed by atoms with van der Waals surface area (Å²) in [6, 6.07) is 3.85. The van der Waals surface area contributed by atoms with E-state index in [1.165, 1.54) is 0 Å². The second-order valence-electron chi connectivity index (χ2n) is 3.00. The number of aryl methyl sites for hydroxylation is 2. The summed E-state index contributed by atoms with van der Waals surface area (Å²) in [6.07, 6.45) is 0. The highest BCUT2D eigenvalue weighted by Gasteiger charge is 2.03. The van der Waals surface area contributed by atoms with Crippen LogP contribution in [0.15, 0.2) is 12.1 Å². The number of anilines is 1. The standard InChI is InChI=1S/C9H11N3.2BrH/c1-5-7(10)3-4-8-9(5)12-6(2)11-8;;/h3-4H,10H2,1-2H3,(H,11,12);2*1H. The van der Waals surface area contributed by atoms with Crippen LogP contribution in [0.3, 0.4) is 0 Å². The number of halogens is 2. The third-order valence-electron chi connectivity index (χ3n) is 2.07. The van der Waals surface area contributed by atoms with Crippen molar-refractivity contribution in [2.75, 3.05) is 5.73 Å². The number of aromatic nitrogens is 2. The Bertz CT molecular complexity index is 437. The number of hydrogen-bond donors (Lipinski definition) is 2. The molecule has 3 N–H and O–H groups in total. The van der Waals surface area contributed by atoms with Crippen LogP contribution >= 0.6 is 34.0 Å². The maximum Gasteiger partial charge on any atom is 0.104 e. The van der Waals surface area contributed by atoms with Crippen molar-refractivity contribution in [1.29, 1.82) is 0 Å². The molecule has 2 aromatic rings. The van der Waals surface area contributed by atoms with Gasteiger partial charge in [-0.2, -0.15) is 0 Å². The zero-order valence-electron chi connectivity index (χ0n) is 8.00. The lowest BCUT2D eigenvalue weighted by Gasteiger charge is -1.98. The second kappa shape index (κ2) is 4.79. The fourth-order valence-corrected chi connectivity index (χ4v) is 1.35. The summed E-state index contributed by atoms with van der Waals surface area (Å²) < 4.78 is 0. The van der Waals surface area contributed by atoms with Gasteiger partial charge in [0.2, 0.25) is 0 Å². The number of aromatic amines is 1. The molecule has 1 heterocycles. The highest BCUT2D eigenvalue weighted by atomic mass is 79.9. The Labute approximate surface area is 104 Å². The Hall–Kier alpha value is -0.550. The van der Waals surface area contributed by atoms with Gasteiger partial charge >= 0.3 is 0 Å². The monoisotopic (exact) mass is 321 g/mol. The van der Waals surface area contributed by atoms with Crippen LogP contribution in [0.4, 0.5) is 5.69 Å². The molecule has 0 unspecified atom stereocenters. The molecule has 1 aromatic carbocycles. The molecule has 1 aromatic heterocycles. The molecule has 0 saturated heterocycles. The molecule has 0 spiro atoms. The van der Waals surface area contributed by atoms with Crippen LogP contribution in [0.25, 0.3) is 11.0 Å². The molecule has 0 bridgehead atoms. The highest BCUT2D eigenvalue weighted by Crippen LogP contribution is 2.20. The second-order valence-corrected chi connectivity index (χ2v) is 3.00. The van der Waals surface area contributed by atoms with E-state index in [0.717, 1.165) is 28.1 Å². The minimum absolute atomic E-state index is 0. The number of imidazole rings is 1. The molecule has 5 heteroatoms. The fraction of sp³-hybridized carbons (Fsp3) is 0.222. The van der Waals surface area contributed by atoms with E-state index in [0.29, 0.717) is 0 Å². The summed E-state index contributed by atoms with van der Waals surface area (Å²) >= 11 is 0. The first-order valence-corrected chi connectivity index (χ1v) is 3.90. The summed E-state index contributed by atoms with van der Waals surface area (Å²) in [5.74, 6) is 0.929. The molecule has 2 rings (SSSR count). The van der Waals surface area contributed by atoms with Gasteiger partial charge in [0.1, 0.15) is 5.82 Å². The Morgan fingerprint density at radius 1 is 1.21 bits per heavy atom. The Balaban J connectivity index is 0.000000845. The van der Waals surface area contributed by atoms with Crippen molar-refractivity contribution in [1.82, 2.24) is 9.97 Å². The summed E-state index contributed by atoms with van der Waals surface area (Å²) in [5, 5.41) is 0. The zero-order valence-corrected chi connectivity index (χ0v) is 11.4. The van der Waals surface area contributed by atoms with E-state index in [2.05, 4.69) is 9.97 Å². The van der Waals surface area contributed by atoms with Crippen LogP contribution in [0.5, 0.6) is 0 Å². The molecule has 0 aliphatic rings. The summed E-state index contributed by atoms with van der Waals surface area (Å²) in [4.78, 5) is 7.50. The van der Waals surface area contributed by atoms with E-state index in [-0.39, 0.29) is 34.0 Å². The van der Waals surface area contributed by atoms with Crippen LogP contribution in [-0.2, 0) is 0 Å². The first kappa shape index (κ1) is 13.4. The lowest BCUT2D eigenvalue weighted by atomic mass is 10.2. The number of hydrogen-bond acceptors (Lipinski definition) is 2. The SMILES string of the molecule is Br.Br.Cc1nc2c(C)c(N)ccc2[nH]1. The smallest absolute Gasteiger partial charge is 0.104 e. The number of nitrogens with two attached hydrogens (primary N) is 1. The Morgan fingerprint density at radius 2 is 1.86 bits per heavy atom. The van der Waals surface area contributed by atoms with Gasteiger partial charge in [-0.15, -0.1) is 34.0 Å². The number of H-pyrrole nitrogens is 1. The normalized spacial score (nSPS) is 9.29. The third-order valence-corrected chi connectivity index (χ3v) is 2.07. The molecular formula is C9H13Br2N3. The summed E-state index contributed by atoms with van der Waals surface area (Å²) in [6.45, 7) is 3.92. The lowest BCUT2D eigenvalue weighted by molar-refractivity contribution is 1.17. The van der Waals surface area contributed by atoms with Gasteiger partial charge in [0.15, 0.2) is 0 Å². The van der Waals surface area contributed by atoms with Crippen LogP contribution in [0, 0.1) is 13.8 Å². The topological polar surface area (TPSA) is 54.7 Å². The van der Waals surface area contributed by atoms with Crippen molar-refractivity contribution in [3.05, 3.63) is 23.5 Å². The average molecular weight is 323 g/mol. The quantitative estimate of drug-likeness (QED) is 0.733. The number of fused-ring (bicyclic) bond motifs is 1. The van der Waals surface area contributed by atoms with Crippen molar-refractivity contribution in [3.63, 3.8) is 0 Å². The summed E-state index contributed by atoms with van der Waals surface area (Å²) in [7, 11) is 0. The predicted octanol–water partition coefficient (Wildman–Crippen LogP) is 2.92. The van der Waals surface area contributed by atoms with E-state index >= 15 is 0 Å². The number of benzene rings is 1. The molecule has 0 aliphatic heterocycles. The van der Waals surface area contributed by atoms with Gasteiger partial charge in [0, 0.05) is 5.69 Å². The molecule has 0 saturated carbocycles. The highest BCUT2D eigenvalue weighted by molar-refractivity contribution is 8.93. The van der Waals surface area contributed by atoms with Crippen LogP contribution in [0.1, 0.15) is 11.4 Å². The average Bonchev–Trinajstić information content (AvgIpc) is 2.39. The molecule has 14 heavy (non-hydrogen) atoms. The van der Waals surface area contributed by atoms with Crippen LogP contribution in [0.2, 0.25) is 0 Å². The van der Waals surface area contributed by atoms with E-state index in [4.69, 9.17) is 5.73 Å². The van der Waals surface area contributed by atoms with Crippen molar-refractivity contribution >= 4 is 50.7 Å². The maximum atomic E-state index is 5.74. The van der Waals surface area contributed by atoms with Crippen molar-refractivity contribution < 1.29 is 0 Å². The van der Waals surface area contributed by atoms with E-state index in [1.807, 2.05) is 26.0 Å². The van der Waals surface area contributed by atoms with E-state index in [1.54, 1.807) is 0 Å². The van der Waals surface area contributed by atoms with Crippen LogP contribution < -0.4 is 5.73 Å². The first-order valence-electron chi connectivity index (χ1n) is 3.90. The molecule has 0 fully saturated rings. The molecule has 3 nitrogen and oxygen atoms in total. The van der Waals surface area contributed by atoms with Gasteiger partial charge in [-0.25, -0.2) is 4.98 Å². The van der Waals surface area contributed by atoms with Gasteiger partial charge in [0.25, 0.3) is 0 Å². The molecular weight excluding hydrogens is 310 g/mol. The molecule has 78 valence electrons. The Morgan fingerprint density at radius 3 is 2.50 bits per heavy atom. The van der Waals surface area contributed by atoms with Gasteiger partial charge in [-0.1, -0.05) is 0 Å². The zero-order chi connectivity index (χ0) is 8.72. The maximum absolute atomic E-state index is 5.74. The third kappa shape index (κ3) is 2.09. The molecule has 0 atom stereocenters. The minimum atomic E-state index is 0. The molecule has 0 radical (unpaired) electrons.